The van der Waals surface area contributed by atoms with Gasteiger partial charge in [-0.2, -0.15) is 0 Å². The highest BCUT2D eigenvalue weighted by Gasteiger charge is 2.23. The molecule has 1 aromatic carbocycles. The van der Waals surface area contributed by atoms with Gasteiger partial charge in [-0.05, 0) is 61.4 Å². The number of phenolic OH excluding ortho intramolecular Hbond substituents is 1. The molecule has 0 unspecified atom stereocenters. The molecular weight excluding hydrogens is 396 g/mol. The van der Waals surface area contributed by atoms with Gasteiger partial charge in [0.1, 0.15) is 4.83 Å². The van der Waals surface area contributed by atoms with E-state index < -0.39 is 0 Å². The van der Waals surface area contributed by atoms with Crippen LogP contribution in [0.25, 0.3) is 21.3 Å². The number of aromatic nitrogens is 2. The van der Waals surface area contributed by atoms with Gasteiger partial charge in [0.25, 0.3) is 5.56 Å². The highest BCUT2D eigenvalue weighted by Crippen LogP contribution is 2.36. The van der Waals surface area contributed by atoms with Crippen molar-refractivity contribution in [1.29, 1.82) is 0 Å². The smallest absolute Gasteiger partial charge is 0.260 e. The molecule has 2 aromatic heterocycles. The Morgan fingerprint density at radius 2 is 2.32 bits per heavy atom. The quantitative estimate of drug-likeness (QED) is 0.630. The Labute approximate surface area is 171 Å². The maximum atomic E-state index is 12.7. The Balaban J connectivity index is 1.74. The SMILES string of the molecule is CCOc1cc(/C=C(\Cl)c2nc3sc4c(c3c(=O)[nH]2)CC[C@H](C)C4)ccc1O. The predicted octanol–water partition coefficient (Wildman–Crippen LogP) is 4.95. The molecule has 0 saturated heterocycles. The fourth-order valence-corrected chi connectivity index (χ4v) is 5.17. The summed E-state index contributed by atoms with van der Waals surface area (Å²) in [5, 5.41) is 10.9. The van der Waals surface area contributed by atoms with Crippen LogP contribution in [0.4, 0.5) is 0 Å². The van der Waals surface area contributed by atoms with Crippen LogP contribution in [-0.4, -0.2) is 21.7 Å². The highest BCUT2D eigenvalue weighted by molar-refractivity contribution is 7.18. The van der Waals surface area contributed by atoms with Crippen molar-refractivity contribution in [3.8, 4) is 11.5 Å². The van der Waals surface area contributed by atoms with Crippen LogP contribution < -0.4 is 10.3 Å². The van der Waals surface area contributed by atoms with Gasteiger partial charge < -0.3 is 14.8 Å². The number of halogens is 1. The van der Waals surface area contributed by atoms with E-state index in [0.717, 1.165) is 35.2 Å². The van der Waals surface area contributed by atoms with Gasteiger partial charge in [-0.25, -0.2) is 4.98 Å². The van der Waals surface area contributed by atoms with Gasteiger partial charge in [-0.3, -0.25) is 4.79 Å². The van der Waals surface area contributed by atoms with Gasteiger partial charge in [0.2, 0.25) is 0 Å². The number of ether oxygens (including phenoxy) is 1. The van der Waals surface area contributed by atoms with E-state index in [0.29, 0.717) is 34.5 Å². The lowest BCUT2D eigenvalue weighted by Gasteiger charge is -2.17. The molecule has 2 heterocycles. The zero-order valence-corrected chi connectivity index (χ0v) is 17.3. The van der Waals surface area contributed by atoms with Crippen molar-refractivity contribution in [3.63, 3.8) is 0 Å². The summed E-state index contributed by atoms with van der Waals surface area (Å²) in [5.41, 5.74) is 1.76. The maximum absolute atomic E-state index is 12.7. The Hall–Kier alpha value is -2.31. The number of aryl methyl sites for hydroxylation is 1. The van der Waals surface area contributed by atoms with Gasteiger partial charge in [0.05, 0.1) is 17.0 Å². The minimum atomic E-state index is -0.140. The summed E-state index contributed by atoms with van der Waals surface area (Å²) < 4.78 is 5.40. The van der Waals surface area contributed by atoms with Crippen molar-refractivity contribution in [2.45, 2.75) is 33.1 Å². The molecule has 0 aliphatic heterocycles. The summed E-state index contributed by atoms with van der Waals surface area (Å²) in [7, 11) is 0. The third-order valence-corrected chi connectivity index (χ3v) is 6.41. The first-order valence-electron chi connectivity index (χ1n) is 9.34. The van der Waals surface area contributed by atoms with Crippen LogP contribution in [0.2, 0.25) is 0 Å². The summed E-state index contributed by atoms with van der Waals surface area (Å²) in [6, 6.07) is 4.97. The standard InChI is InChI=1S/C21H21ClN2O3S/c1-3-27-16-10-12(5-7-15(16)25)9-14(22)19-23-20(26)18-13-6-4-11(2)8-17(13)28-21(18)24-19/h5,7,9-11,25H,3-4,6,8H2,1-2H3,(H,23,24,26)/b14-9-/t11-/m0/s1. The molecule has 0 spiro atoms. The van der Waals surface area contributed by atoms with Crippen molar-refractivity contribution in [3.05, 3.63) is 50.4 Å². The molecule has 0 bridgehead atoms. The second-order valence-corrected chi connectivity index (χ2v) is 8.59. The molecule has 1 aliphatic carbocycles. The van der Waals surface area contributed by atoms with E-state index >= 15 is 0 Å². The summed E-state index contributed by atoms with van der Waals surface area (Å²) in [6.07, 6.45) is 4.73. The predicted molar refractivity (Wildman–Crippen MR) is 114 cm³/mol. The van der Waals surface area contributed by atoms with E-state index in [1.54, 1.807) is 35.6 Å². The van der Waals surface area contributed by atoms with Crippen molar-refractivity contribution >= 4 is 44.3 Å². The Kier molecular flexibility index (Phi) is 5.17. The van der Waals surface area contributed by atoms with E-state index in [4.69, 9.17) is 16.3 Å². The van der Waals surface area contributed by atoms with Crippen LogP contribution in [0.5, 0.6) is 11.5 Å². The largest absolute Gasteiger partial charge is 0.504 e. The highest BCUT2D eigenvalue weighted by atomic mass is 35.5. The van der Waals surface area contributed by atoms with Gasteiger partial charge in [-0.1, -0.05) is 24.6 Å². The van der Waals surface area contributed by atoms with Crippen molar-refractivity contribution in [2.24, 2.45) is 5.92 Å². The maximum Gasteiger partial charge on any atom is 0.260 e. The van der Waals surface area contributed by atoms with Gasteiger partial charge in [0.15, 0.2) is 17.3 Å². The molecule has 1 atom stereocenters. The molecule has 7 heteroatoms. The lowest BCUT2D eigenvalue weighted by molar-refractivity contribution is 0.318. The fraction of sp³-hybridized carbons (Fsp3) is 0.333. The van der Waals surface area contributed by atoms with E-state index in [1.165, 1.54) is 4.88 Å². The van der Waals surface area contributed by atoms with Crippen LogP contribution >= 0.6 is 22.9 Å². The van der Waals surface area contributed by atoms with Crippen molar-refractivity contribution in [2.75, 3.05) is 6.61 Å². The molecule has 1 aliphatic rings. The number of H-pyrrole nitrogens is 1. The molecule has 0 fully saturated rings. The van der Waals surface area contributed by atoms with E-state index in [1.807, 2.05) is 6.92 Å². The monoisotopic (exact) mass is 416 g/mol. The first kappa shape index (κ1) is 19.0. The number of aromatic amines is 1. The normalized spacial score (nSPS) is 17.0. The third kappa shape index (κ3) is 3.54. The molecule has 4 rings (SSSR count). The summed E-state index contributed by atoms with van der Waals surface area (Å²) in [5.74, 6) is 1.44. The summed E-state index contributed by atoms with van der Waals surface area (Å²) in [4.78, 5) is 22.2. The fourth-order valence-electron chi connectivity index (χ4n) is 3.57. The lowest BCUT2D eigenvalue weighted by Crippen LogP contribution is -2.14. The molecule has 2 N–H and O–H groups in total. The van der Waals surface area contributed by atoms with E-state index in [9.17, 15) is 9.90 Å². The molecule has 0 amide bonds. The zero-order chi connectivity index (χ0) is 19.8. The molecule has 28 heavy (non-hydrogen) atoms. The molecule has 0 saturated carbocycles. The van der Waals surface area contributed by atoms with Gasteiger partial charge >= 0.3 is 0 Å². The number of hydrogen-bond donors (Lipinski definition) is 2. The molecule has 146 valence electrons. The number of aromatic hydroxyl groups is 1. The average molecular weight is 417 g/mol. The lowest BCUT2D eigenvalue weighted by atomic mass is 9.89. The van der Waals surface area contributed by atoms with Crippen molar-refractivity contribution in [1.82, 2.24) is 9.97 Å². The number of benzene rings is 1. The van der Waals surface area contributed by atoms with Crippen LogP contribution in [0, 0.1) is 5.92 Å². The molecule has 3 aromatic rings. The second-order valence-electron chi connectivity index (χ2n) is 7.10. The number of rotatable bonds is 4. The van der Waals surface area contributed by atoms with Crippen LogP contribution in [0.15, 0.2) is 23.0 Å². The molecule has 0 radical (unpaired) electrons. The first-order chi connectivity index (χ1) is 13.5. The summed E-state index contributed by atoms with van der Waals surface area (Å²) >= 11 is 8.06. The van der Waals surface area contributed by atoms with Gasteiger partial charge in [0, 0.05) is 4.88 Å². The van der Waals surface area contributed by atoms with Crippen LogP contribution in [-0.2, 0) is 12.8 Å². The minimum absolute atomic E-state index is 0.0708. The van der Waals surface area contributed by atoms with E-state index in [-0.39, 0.29) is 11.3 Å². The Morgan fingerprint density at radius 3 is 3.11 bits per heavy atom. The Bertz CT molecular complexity index is 1130. The van der Waals surface area contributed by atoms with Crippen LogP contribution in [0.3, 0.4) is 0 Å². The third-order valence-electron chi connectivity index (χ3n) is 4.97. The molecule has 5 nitrogen and oxygen atoms in total. The average Bonchev–Trinajstić information content (AvgIpc) is 3.02. The number of nitrogens with one attached hydrogen (secondary N) is 1. The van der Waals surface area contributed by atoms with Gasteiger partial charge in [-0.15, -0.1) is 11.3 Å². The number of phenols is 1. The molecular formula is C21H21ClN2O3S. The number of thiophene rings is 1. The zero-order valence-electron chi connectivity index (χ0n) is 15.7. The number of nitrogens with zero attached hydrogens (tertiary/aromatic N) is 1. The number of fused-ring (bicyclic) bond motifs is 3. The number of hydrogen-bond acceptors (Lipinski definition) is 5. The first-order valence-corrected chi connectivity index (χ1v) is 10.5. The minimum Gasteiger partial charge on any atom is -0.504 e. The van der Waals surface area contributed by atoms with Crippen LogP contribution in [0.1, 0.15) is 42.1 Å². The van der Waals surface area contributed by atoms with Crippen molar-refractivity contribution < 1.29 is 9.84 Å². The van der Waals surface area contributed by atoms with E-state index in [2.05, 4.69) is 16.9 Å². The summed E-state index contributed by atoms with van der Waals surface area (Å²) in [6.45, 7) is 4.53. The second kappa shape index (κ2) is 7.60. The Morgan fingerprint density at radius 1 is 1.50 bits per heavy atom. The topological polar surface area (TPSA) is 75.2 Å².